The number of hydrogen-bond donors (Lipinski definition) is 2. The standard InChI is InChI=1S/C16H21N3O4S/c1-8(20)13-14-11(5-10(16(22)23)19(14)15(13)21)24-9-6-18(7-9)12-3-2-4-17-12/h5,8-10,13-14,20H,2-4,6-7H2,1H3,(H,22,23)/t8-,10?,13-,14-/m1/s1. The Bertz CT molecular complexity index is 641. The Morgan fingerprint density at radius 3 is 2.79 bits per heavy atom. The number of carbonyl (C=O) groups is 2. The maximum Gasteiger partial charge on any atom is 0.330 e. The number of carbonyl (C=O) groups excluding carboxylic acids is 1. The van der Waals surface area contributed by atoms with Crippen LogP contribution in [0.4, 0.5) is 0 Å². The Kier molecular flexibility index (Phi) is 3.84. The molecule has 0 aromatic heterocycles. The van der Waals surface area contributed by atoms with Crippen LogP contribution < -0.4 is 0 Å². The predicted molar refractivity (Wildman–Crippen MR) is 89.8 cm³/mol. The number of thioether (sulfide) groups is 1. The first-order valence-corrected chi connectivity index (χ1v) is 9.25. The number of β-lactam (4-membered cyclic amide) rings is 1. The molecule has 4 aliphatic heterocycles. The van der Waals surface area contributed by atoms with Gasteiger partial charge in [0.2, 0.25) is 5.91 Å². The lowest BCUT2D eigenvalue weighted by atomic mass is 9.84. The van der Waals surface area contributed by atoms with Gasteiger partial charge in [-0.25, -0.2) is 4.79 Å². The second-order valence-electron chi connectivity index (χ2n) is 6.86. The first-order valence-electron chi connectivity index (χ1n) is 8.37. The summed E-state index contributed by atoms with van der Waals surface area (Å²) in [5, 5.41) is 19.6. The summed E-state index contributed by atoms with van der Waals surface area (Å²) >= 11 is 1.66. The molecule has 0 aromatic carbocycles. The number of nitrogens with zero attached hydrogens (tertiary/aromatic N) is 3. The maximum absolute atomic E-state index is 12.2. The Hall–Kier alpha value is -1.54. The Morgan fingerprint density at radius 2 is 2.21 bits per heavy atom. The van der Waals surface area contributed by atoms with Crippen molar-refractivity contribution in [3.05, 3.63) is 11.0 Å². The summed E-state index contributed by atoms with van der Waals surface area (Å²) in [7, 11) is 0. The summed E-state index contributed by atoms with van der Waals surface area (Å²) in [4.78, 5) is 32.7. The van der Waals surface area contributed by atoms with E-state index in [1.807, 2.05) is 0 Å². The fourth-order valence-corrected chi connectivity index (χ4v) is 5.46. The molecule has 1 amide bonds. The van der Waals surface area contributed by atoms with Gasteiger partial charge in [0.25, 0.3) is 0 Å². The molecule has 2 N–H and O–H groups in total. The van der Waals surface area contributed by atoms with E-state index in [9.17, 15) is 19.8 Å². The number of aliphatic hydroxyl groups excluding tert-OH is 1. The summed E-state index contributed by atoms with van der Waals surface area (Å²) in [5.41, 5.74) is 0. The van der Waals surface area contributed by atoms with E-state index in [0.29, 0.717) is 5.25 Å². The summed E-state index contributed by atoms with van der Waals surface area (Å²) in [6.07, 6.45) is 3.11. The van der Waals surface area contributed by atoms with Crippen molar-refractivity contribution < 1.29 is 19.8 Å². The van der Waals surface area contributed by atoms with Crippen LogP contribution >= 0.6 is 11.8 Å². The van der Waals surface area contributed by atoms with E-state index in [-0.39, 0.29) is 11.9 Å². The quantitative estimate of drug-likeness (QED) is 0.701. The number of rotatable bonds is 4. The molecule has 0 spiro atoms. The van der Waals surface area contributed by atoms with Crippen molar-refractivity contribution in [2.75, 3.05) is 19.6 Å². The van der Waals surface area contributed by atoms with E-state index in [1.165, 1.54) is 10.7 Å². The number of hydrogen-bond acceptors (Lipinski definition) is 6. The molecule has 0 aromatic rings. The molecule has 0 radical (unpaired) electrons. The molecule has 4 atom stereocenters. The minimum atomic E-state index is -1.01. The van der Waals surface area contributed by atoms with Gasteiger partial charge in [0.15, 0.2) is 0 Å². The lowest BCUT2D eigenvalue weighted by Gasteiger charge is -2.48. The highest BCUT2D eigenvalue weighted by Gasteiger charge is 2.59. The average Bonchev–Trinajstić information content (AvgIpc) is 3.07. The van der Waals surface area contributed by atoms with Crippen LogP contribution in [-0.2, 0) is 9.59 Å². The van der Waals surface area contributed by atoms with Crippen molar-refractivity contribution in [2.45, 2.75) is 43.2 Å². The molecule has 0 bridgehead atoms. The summed E-state index contributed by atoms with van der Waals surface area (Å²) in [6.45, 7) is 4.35. The maximum atomic E-state index is 12.2. The van der Waals surface area contributed by atoms with Crippen LogP contribution in [0.2, 0.25) is 0 Å². The normalized spacial score (nSPS) is 33.6. The van der Waals surface area contributed by atoms with E-state index in [1.54, 1.807) is 24.8 Å². The molecule has 7 nitrogen and oxygen atoms in total. The van der Waals surface area contributed by atoms with Crippen LogP contribution in [0.15, 0.2) is 16.0 Å². The van der Waals surface area contributed by atoms with Crippen LogP contribution in [0, 0.1) is 5.92 Å². The smallest absolute Gasteiger partial charge is 0.330 e. The first-order chi connectivity index (χ1) is 11.5. The molecule has 2 saturated heterocycles. The highest BCUT2D eigenvalue weighted by Crippen LogP contribution is 2.47. The molecule has 0 aliphatic carbocycles. The first kappa shape index (κ1) is 16.0. The zero-order chi connectivity index (χ0) is 17.0. The molecule has 4 rings (SSSR count). The minimum absolute atomic E-state index is 0.259. The summed E-state index contributed by atoms with van der Waals surface area (Å²) in [5.74, 6) is -0.588. The van der Waals surface area contributed by atoms with E-state index in [4.69, 9.17) is 0 Å². The van der Waals surface area contributed by atoms with E-state index in [0.717, 1.165) is 37.4 Å². The number of amidine groups is 1. The van der Waals surface area contributed by atoms with Gasteiger partial charge in [-0.3, -0.25) is 9.79 Å². The summed E-state index contributed by atoms with van der Waals surface area (Å²) in [6, 6.07) is -1.17. The lowest BCUT2D eigenvalue weighted by Crippen LogP contribution is -2.65. The average molecular weight is 351 g/mol. The van der Waals surface area contributed by atoms with Crippen molar-refractivity contribution in [2.24, 2.45) is 10.9 Å². The van der Waals surface area contributed by atoms with Gasteiger partial charge < -0.3 is 20.0 Å². The minimum Gasteiger partial charge on any atom is -0.479 e. The van der Waals surface area contributed by atoms with Gasteiger partial charge in [0.1, 0.15) is 6.04 Å². The Balaban J connectivity index is 1.43. The predicted octanol–water partition coefficient (Wildman–Crippen LogP) is 0.155. The lowest BCUT2D eigenvalue weighted by molar-refractivity contribution is -0.168. The number of aliphatic hydroxyl groups is 1. The molecule has 2 fully saturated rings. The molecule has 130 valence electrons. The van der Waals surface area contributed by atoms with E-state index >= 15 is 0 Å². The van der Waals surface area contributed by atoms with Gasteiger partial charge in [-0.15, -0.1) is 11.8 Å². The number of fused-ring (bicyclic) bond motifs is 1. The third kappa shape index (κ3) is 2.35. The fraction of sp³-hybridized carbons (Fsp3) is 0.688. The molecule has 4 aliphatic rings. The van der Waals surface area contributed by atoms with Crippen LogP contribution in [-0.4, -0.2) is 80.8 Å². The van der Waals surface area contributed by atoms with Crippen LogP contribution in [0.1, 0.15) is 19.8 Å². The van der Waals surface area contributed by atoms with Crippen LogP contribution in [0.5, 0.6) is 0 Å². The van der Waals surface area contributed by atoms with E-state index < -0.39 is 24.0 Å². The van der Waals surface area contributed by atoms with E-state index in [2.05, 4.69) is 9.89 Å². The highest BCUT2D eigenvalue weighted by molar-refractivity contribution is 8.03. The van der Waals surface area contributed by atoms with Crippen molar-refractivity contribution in [3.63, 3.8) is 0 Å². The van der Waals surface area contributed by atoms with Gasteiger partial charge in [0, 0.05) is 36.2 Å². The van der Waals surface area contributed by atoms with Gasteiger partial charge in [0.05, 0.1) is 23.9 Å². The second kappa shape index (κ2) is 5.77. The molecule has 4 heterocycles. The number of amides is 1. The molecular formula is C16H21N3O4S. The third-order valence-corrected chi connectivity index (χ3v) is 6.52. The molecule has 24 heavy (non-hydrogen) atoms. The monoisotopic (exact) mass is 351 g/mol. The SMILES string of the molecule is C[C@@H](O)[C@H]1C(=O)N2C(C(=O)O)C=C(SC3CN(C4=NCCC4)C3)[C@H]12. The van der Waals surface area contributed by atoms with Gasteiger partial charge >= 0.3 is 5.97 Å². The highest BCUT2D eigenvalue weighted by atomic mass is 32.2. The molecule has 1 unspecified atom stereocenters. The van der Waals surface area contributed by atoms with Crippen LogP contribution in [0.3, 0.4) is 0 Å². The van der Waals surface area contributed by atoms with Gasteiger partial charge in [-0.2, -0.15) is 0 Å². The number of aliphatic imine (C=N–C) groups is 1. The zero-order valence-electron chi connectivity index (χ0n) is 13.5. The Labute approximate surface area is 144 Å². The molecular weight excluding hydrogens is 330 g/mol. The number of aliphatic carboxylic acids is 1. The largest absolute Gasteiger partial charge is 0.479 e. The molecule has 0 saturated carbocycles. The fourth-order valence-electron chi connectivity index (χ4n) is 3.96. The number of carboxylic acid groups (broad SMARTS) is 1. The molecule has 8 heteroatoms. The number of likely N-dealkylation sites (tertiary alicyclic amines) is 1. The van der Waals surface area contributed by atoms with Crippen molar-refractivity contribution >= 4 is 29.5 Å². The van der Waals surface area contributed by atoms with Crippen molar-refractivity contribution in [3.8, 4) is 0 Å². The van der Waals surface area contributed by atoms with Gasteiger partial charge in [-0.1, -0.05) is 0 Å². The van der Waals surface area contributed by atoms with Crippen molar-refractivity contribution in [1.82, 2.24) is 9.80 Å². The number of carboxylic acids is 1. The summed E-state index contributed by atoms with van der Waals surface area (Å²) < 4.78 is 0. The zero-order valence-corrected chi connectivity index (χ0v) is 14.3. The van der Waals surface area contributed by atoms with Gasteiger partial charge in [-0.05, 0) is 19.4 Å². The third-order valence-electron chi connectivity index (χ3n) is 5.23. The van der Waals surface area contributed by atoms with Crippen LogP contribution in [0.25, 0.3) is 0 Å². The Morgan fingerprint density at radius 1 is 1.46 bits per heavy atom. The second-order valence-corrected chi connectivity index (χ2v) is 8.23. The topological polar surface area (TPSA) is 93.4 Å². The van der Waals surface area contributed by atoms with Crippen molar-refractivity contribution in [1.29, 1.82) is 0 Å².